The molecule has 2 atom stereocenters. The second-order valence-corrected chi connectivity index (χ2v) is 7.07. The first-order valence-corrected chi connectivity index (χ1v) is 9.41. The van der Waals surface area contributed by atoms with Gasteiger partial charge in [0.15, 0.2) is 0 Å². The molecule has 0 fully saturated rings. The fourth-order valence-electron chi connectivity index (χ4n) is 2.91. The number of halogens is 6. The van der Waals surface area contributed by atoms with Gasteiger partial charge in [0.1, 0.15) is 11.5 Å². The van der Waals surface area contributed by atoms with Crippen LogP contribution in [0.1, 0.15) is 48.9 Å². The van der Waals surface area contributed by atoms with Crippen LogP contribution in [0.25, 0.3) is 0 Å². The van der Waals surface area contributed by atoms with Gasteiger partial charge in [-0.15, -0.1) is 0 Å². The molecule has 32 heavy (non-hydrogen) atoms. The summed E-state index contributed by atoms with van der Waals surface area (Å²) in [7, 11) is 0. The number of nitrogens with zero attached hydrogens (tertiary/aromatic N) is 2. The Morgan fingerprint density at radius 2 is 1.06 bits per heavy atom. The standard InChI is InChI=1S/C22H18F6N2O2/c1-13(31-17-7-5-15(11-29)19(9-17)21(23,24)25)3-4-14(2)32-18-8-6-16(12-30)20(10-18)22(26,27)28/h5-10,13-14H,3-4H2,1-2H3. The summed E-state index contributed by atoms with van der Waals surface area (Å²) in [5.74, 6) is -0.112. The van der Waals surface area contributed by atoms with Gasteiger partial charge in [0.25, 0.3) is 0 Å². The zero-order valence-electron chi connectivity index (χ0n) is 17.0. The molecule has 4 nitrogen and oxygen atoms in total. The largest absolute Gasteiger partial charge is 0.491 e. The van der Waals surface area contributed by atoms with E-state index in [-0.39, 0.29) is 11.5 Å². The van der Waals surface area contributed by atoms with E-state index in [0.29, 0.717) is 12.8 Å². The minimum atomic E-state index is -4.70. The van der Waals surface area contributed by atoms with Crippen molar-refractivity contribution in [3.05, 3.63) is 58.7 Å². The van der Waals surface area contributed by atoms with Gasteiger partial charge >= 0.3 is 12.4 Å². The SMILES string of the molecule is CC(CCC(C)Oc1ccc(C#N)c(C(F)(F)F)c1)Oc1ccc(C#N)c(C(F)(F)F)c1. The van der Waals surface area contributed by atoms with Crippen molar-refractivity contribution in [2.75, 3.05) is 0 Å². The van der Waals surface area contributed by atoms with E-state index >= 15 is 0 Å². The summed E-state index contributed by atoms with van der Waals surface area (Å²) in [5.41, 5.74) is -3.22. The Morgan fingerprint density at radius 1 is 0.719 bits per heavy atom. The van der Waals surface area contributed by atoms with Crippen molar-refractivity contribution < 1.29 is 35.8 Å². The van der Waals surface area contributed by atoms with E-state index in [4.69, 9.17) is 20.0 Å². The average molecular weight is 456 g/mol. The molecule has 0 saturated carbocycles. The number of alkyl halides is 6. The molecule has 2 unspecified atom stereocenters. The van der Waals surface area contributed by atoms with Crippen LogP contribution >= 0.6 is 0 Å². The summed E-state index contributed by atoms with van der Waals surface area (Å²) in [5, 5.41) is 17.7. The predicted molar refractivity (Wildman–Crippen MR) is 102 cm³/mol. The summed E-state index contributed by atoms with van der Waals surface area (Å²) in [6.45, 7) is 3.25. The zero-order valence-corrected chi connectivity index (χ0v) is 17.0. The summed E-state index contributed by atoms with van der Waals surface area (Å²) < 4.78 is 89.3. The minimum absolute atomic E-state index is 0.0562. The molecule has 0 amide bonds. The van der Waals surface area contributed by atoms with Gasteiger partial charge in [0.05, 0.1) is 46.6 Å². The van der Waals surface area contributed by atoms with E-state index in [2.05, 4.69) is 0 Å². The normalized spacial score (nSPS) is 13.6. The summed E-state index contributed by atoms with van der Waals surface area (Å²) in [4.78, 5) is 0. The van der Waals surface area contributed by atoms with Gasteiger partial charge in [-0.3, -0.25) is 0 Å². The van der Waals surface area contributed by atoms with Crippen LogP contribution in [0.2, 0.25) is 0 Å². The maximum absolute atomic E-state index is 13.1. The molecule has 0 saturated heterocycles. The van der Waals surface area contributed by atoms with E-state index in [1.165, 1.54) is 24.3 Å². The van der Waals surface area contributed by atoms with Crippen LogP contribution in [0.5, 0.6) is 11.5 Å². The molecule has 0 spiro atoms. The number of benzene rings is 2. The lowest BCUT2D eigenvalue weighted by molar-refractivity contribution is -0.138. The lowest BCUT2D eigenvalue weighted by Gasteiger charge is -2.20. The molecule has 0 aliphatic heterocycles. The summed E-state index contributed by atoms with van der Waals surface area (Å²) in [6.07, 6.45) is -9.78. The Hall–Kier alpha value is -3.40. The van der Waals surface area contributed by atoms with Gasteiger partial charge in [-0.25, -0.2) is 0 Å². The monoisotopic (exact) mass is 456 g/mol. The van der Waals surface area contributed by atoms with Crippen molar-refractivity contribution >= 4 is 0 Å². The highest BCUT2D eigenvalue weighted by Gasteiger charge is 2.35. The van der Waals surface area contributed by atoms with Crippen LogP contribution in [0.3, 0.4) is 0 Å². The Morgan fingerprint density at radius 3 is 1.34 bits per heavy atom. The highest BCUT2D eigenvalue weighted by Crippen LogP contribution is 2.35. The molecule has 0 bridgehead atoms. The molecule has 0 aromatic heterocycles. The van der Waals surface area contributed by atoms with Crippen LogP contribution < -0.4 is 9.47 Å². The highest BCUT2D eigenvalue weighted by atomic mass is 19.4. The smallest absolute Gasteiger partial charge is 0.417 e. The van der Waals surface area contributed by atoms with Crippen molar-refractivity contribution in [3.63, 3.8) is 0 Å². The van der Waals surface area contributed by atoms with E-state index in [9.17, 15) is 26.3 Å². The lowest BCUT2D eigenvalue weighted by Crippen LogP contribution is -2.19. The maximum Gasteiger partial charge on any atom is 0.417 e. The Balaban J connectivity index is 1.99. The first-order valence-electron chi connectivity index (χ1n) is 9.41. The molecule has 0 heterocycles. The van der Waals surface area contributed by atoms with Gasteiger partial charge in [0.2, 0.25) is 0 Å². The molecule has 2 rings (SSSR count). The molecule has 170 valence electrons. The van der Waals surface area contributed by atoms with Gasteiger partial charge in [-0.2, -0.15) is 36.9 Å². The van der Waals surface area contributed by atoms with Gasteiger partial charge in [0, 0.05) is 0 Å². The molecule has 2 aromatic carbocycles. The molecule has 0 aliphatic carbocycles. The van der Waals surface area contributed by atoms with E-state index in [1.54, 1.807) is 13.8 Å². The lowest BCUT2D eigenvalue weighted by atomic mass is 10.1. The van der Waals surface area contributed by atoms with Gasteiger partial charge in [-0.1, -0.05) is 0 Å². The molecular formula is C22H18F6N2O2. The van der Waals surface area contributed by atoms with Gasteiger partial charge < -0.3 is 9.47 Å². The second-order valence-electron chi connectivity index (χ2n) is 7.07. The first kappa shape index (κ1) is 24.9. The Bertz CT molecular complexity index is 951. The summed E-state index contributed by atoms with van der Waals surface area (Å²) >= 11 is 0. The minimum Gasteiger partial charge on any atom is -0.491 e. The quantitative estimate of drug-likeness (QED) is 0.447. The van der Waals surface area contributed by atoms with Crippen LogP contribution in [-0.2, 0) is 12.4 Å². The number of rotatable bonds is 7. The number of hydrogen-bond acceptors (Lipinski definition) is 4. The highest BCUT2D eigenvalue weighted by molar-refractivity contribution is 5.45. The molecule has 0 radical (unpaired) electrons. The van der Waals surface area contributed by atoms with E-state index in [1.807, 2.05) is 0 Å². The van der Waals surface area contributed by atoms with Crippen molar-refractivity contribution in [1.82, 2.24) is 0 Å². The average Bonchev–Trinajstić information content (AvgIpc) is 2.71. The van der Waals surface area contributed by atoms with E-state index < -0.39 is 46.8 Å². The number of hydrogen-bond donors (Lipinski definition) is 0. The van der Waals surface area contributed by atoms with E-state index in [0.717, 1.165) is 24.3 Å². The van der Waals surface area contributed by atoms with Crippen LogP contribution in [0, 0.1) is 22.7 Å². The topological polar surface area (TPSA) is 66.0 Å². The van der Waals surface area contributed by atoms with Crippen molar-refractivity contribution in [2.24, 2.45) is 0 Å². The number of nitriles is 2. The maximum atomic E-state index is 13.1. The predicted octanol–water partition coefficient (Wildman–Crippen LogP) is 6.48. The molecule has 0 N–H and O–H groups in total. The van der Waals surface area contributed by atoms with Crippen molar-refractivity contribution in [3.8, 4) is 23.6 Å². The third kappa shape index (κ3) is 6.55. The van der Waals surface area contributed by atoms with Crippen LogP contribution in [0.15, 0.2) is 36.4 Å². The van der Waals surface area contributed by atoms with Crippen molar-refractivity contribution in [2.45, 2.75) is 51.2 Å². The van der Waals surface area contributed by atoms with Crippen LogP contribution in [0.4, 0.5) is 26.3 Å². The molecule has 10 heteroatoms. The third-order valence-corrected chi connectivity index (χ3v) is 4.49. The second kappa shape index (κ2) is 9.82. The number of ether oxygens (including phenoxy) is 2. The first-order chi connectivity index (χ1) is 14.8. The van der Waals surface area contributed by atoms with Gasteiger partial charge in [-0.05, 0) is 63.1 Å². The Labute approximate surface area is 180 Å². The molecule has 0 aliphatic rings. The molecule has 2 aromatic rings. The fourth-order valence-corrected chi connectivity index (χ4v) is 2.91. The summed E-state index contributed by atoms with van der Waals surface area (Å²) in [6, 6.07) is 9.06. The fraction of sp³-hybridized carbons (Fsp3) is 0.364. The third-order valence-electron chi connectivity index (χ3n) is 4.49. The van der Waals surface area contributed by atoms with Crippen LogP contribution in [-0.4, -0.2) is 12.2 Å². The molecular weight excluding hydrogens is 438 g/mol. The van der Waals surface area contributed by atoms with Crippen molar-refractivity contribution in [1.29, 1.82) is 10.5 Å². The zero-order chi connectivity index (χ0) is 24.1. The Kier molecular flexibility index (Phi) is 7.63.